The summed E-state index contributed by atoms with van der Waals surface area (Å²) in [7, 11) is 0. The number of unbranched alkanes of at least 4 members (excludes halogenated alkanes) is 1. The maximum Gasteiger partial charge on any atom is 0.331 e. The first-order chi connectivity index (χ1) is 12.0. The van der Waals surface area contributed by atoms with Crippen LogP contribution in [0.25, 0.3) is 0 Å². The zero-order valence-electron chi connectivity index (χ0n) is 13.9. The molecule has 0 fully saturated rings. The molecule has 0 atom stereocenters. The van der Waals surface area contributed by atoms with E-state index in [4.69, 9.17) is 0 Å². The van der Waals surface area contributed by atoms with E-state index in [1.54, 1.807) is 0 Å². The summed E-state index contributed by atoms with van der Waals surface area (Å²) in [6, 6.07) is 3.02. The lowest BCUT2D eigenvalue weighted by atomic mass is 10.2. The van der Waals surface area contributed by atoms with Crippen molar-refractivity contribution in [3.05, 3.63) is 56.5 Å². The van der Waals surface area contributed by atoms with Gasteiger partial charge in [0, 0.05) is 24.5 Å². The first-order valence-electron chi connectivity index (χ1n) is 7.76. The molecule has 9 heteroatoms. The van der Waals surface area contributed by atoms with Crippen LogP contribution in [0.2, 0.25) is 0 Å². The third-order valence-electron chi connectivity index (χ3n) is 3.54. The van der Waals surface area contributed by atoms with Gasteiger partial charge in [0.25, 0.3) is 11.5 Å². The molecular weight excluding hydrogens is 326 g/mol. The molecule has 0 saturated heterocycles. The molecule has 2 rings (SSSR count). The van der Waals surface area contributed by atoms with Gasteiger partial charge in [-0.05, 0) is 25.5 Å². The van der Waals surface area contributed by atoms with E-state index < -0.39 is 23.0 Å². The van der Waals surface area contributed by atoms with Gasteiger partial charge in [-0.1, -0.05) is 13.3 Å². The maximum absolute atomic E-state index is 12.0. The largest absolute Gasteiger partial charge is 0.494 e. The Balaban J connectivity index is 2.32. The van der Waals surface area contributed by atoms with Gasteiger partial charge in [0.05, 0.1) is 5.71 Å². The molecule has 0 aromatic carbocycles. The highest BCUT2D eigenvalue weighted by Gasteiger charge is 2.17. The Hall–Kier alpha value is -3.23. The molecule has 0 radical (unpaired) electrons. The van der Waals surface area contributed by atoms with Crippen LogP contribution >= 0.6 is 0 Å². The number of carbonyl (C=O) groups excluding carboxylic acids is 1. The van der Waals surface area contributed by atoms with E-state index in [1.807, 2.05) is 6.92 Å². The normalized spacial score (nSPS) is 11.4. The molecule has 0 aliphatic rings. The smallest absolute Gasteiger partial charge is 0.331 e. The molecule has 3 N–H and O–H groups in total. The quantitative estimate of drug-likeness (QED) is 0.521. The Morgan fingerprint density at radius 1 is 1.36 bits per heavy atom. The molecule has 0 aliphatic heterocycles. The number of hydrogen-bond acceptors (Lipinski definition) is 6. The third kappa shape index (κ3) is 4.19. The van der Waals surface area contributed by atoms with E-state index >= 15 is 0 Å². The number of hydrazone groups is 1. The number of nitrogens with zero attached hydrogens (tertiary/aromatic N) is 3. The monoisotopic (exact) mass is 345 g/mol. The second kappa shape index (κ2) is 8.04. The van der Waals surface area contributed by atoms with Crippen molar-refractivity contribution in [2.75, 3.05) is 0 Å². The first kappa shape index (κ1) is 18.1. The average Bonchev–Trinajstić information content (AvgIpc) is 2.60. The zero-order valence-corrected chi connectivity index (χ0v) is 13.9. The van der Waals surface area contributed by atoms with Crippen molar-refractivity contribution >= 4 is 11.6 Å². The van der Waals surface area contributed by atoms with Gasteiger partial charge in [0.1, 0.15) is 5.56 Å². The lowest BCUT2D eigenvalue weighted by Gasteiger charge is -2.10. The van der Waals surface area contributed by atoms with Gasteiger partial charge < -0.3 is 5.11 Å². The van der Waals surface area contributed by atoms with Crippen LogP contribution in [-0.2, 0) is 6.54 Å². The van der Waals surface area contributed by atoms with E-state index in [-0.39, 0.29) is 17.8 Å². The van der Waals surface area contributed by atoms with Gasteiger partial charge in [-0.2, -0.15) is 5.10 Å². The average molecular weight is 345 g/mol. The third-order valence-corrected chi connectivity index (χ3v) is 3.54. The number of aromatic amines is 1. The fraction of sp³-hybridized carbons (Fsp3) is 0.312. The van der Waals surface area contributed by atoms with E-state index in [0.717, 1.165) is 11.0 Å². The number of carbonyl (C=O) groups is 1. The molecule has 0 saturated carbocycles. The Kier molecular flexibility index (Phi) is 5.83. The van der Waals surface area contributed by atoms with Crippen molar-refractivity contribution in [3.8, 4) is 5.88 Å². The van der Waals surface area contributed by atoms with Crippen LogP contribution in [0.3, 0.4) is 0 Å². The summed E-state index contributed by atoms with van der Waals surface area (Å²) in [6.45, 7) is 3.66. The van der Waals surface area contributed by atoms with Crippen LogP contribution in [0.15, 0.2) is 39.2 Å². The van der Waals surface area contributed by atoms with Crippen molar-refractivity contribution < 1.29 is 9.90 Å². The molecule has 1 amide bonds. The van der Waals surface area contributed by atoms with Crippen molar-refractivity contribution in [3.63, 3.8) is 0 Å². The zero-order chi connectivity index (χ0) is 18.4. The SMILES string of the molecule is CCCCn1c(O)c(/C(C)=N/NC(=O)c2ccncc2)c(=O)[nH]c1=O. The summed E-state index contributed by atoms with van der Waals surface area (Å²) in [5.41, 5.74) is 1.10. The molecule has 0 spiro atoms. The molecule has 132 valence electrons. The molecule has 0 aliphatic carbocycles. The highest BCUT2D eigenvalue weighted by molar-refractivity contribution is 6.01. The predicted molar refractivity (Wildman–Crippen MR) is 91.8 cm³/mol. The van der Waals surface area contributed by atoms with Gasteiger partial charge in [-0.3, -0.25) is 24.1 Å². The molecule has 0 unspecified atom stereocenters. The lowest BCUT2D eigenvalue weighted by Crippen LogP contribution is -2.34. The minimum absolute atomic E-state index is 0.0754. The molecule has 2 heterocycles. The Labute approximate surface area is 143 Å². The highest BCUT2D eigenvalue weighted by atomic mass is 16.3. The molecular formula is C16H19N5O4. The molecule has 2 aromatic rings. The summed E-state index contributed by atoms with van der Waals surface area (Å²) in [5.74, 6) is -0.960. The number of amides is 1. The number of aromatic hydroxyl groups is 1. The van der Waals surface area contributed by atoms with Gasteiger partial charge in [0.15, 0.2) is 0 Å². The van der Waals surface area contributed by atoms with Crippen molar-refractivity contribution in [1.29, 1.82) is 0 Å². The standard InChI is InChI=1S/C16H19N5O4/c1-3-4-9-21-15(24)12(14(23)18-16(21)25)10(2)19-20-13(22)11-5-7-17-8-6-11/h5-8,24H,3-4,9H2,1-2H3,(H,20,22)(H,18,23,25)/b19-10+. The van der Waals surface area contributed by atoms with Crippen LogP contribution in [0.4, 0.5) is 0 Å². The van der Waals surface area contributed by atoms with Crippen LogP contribution in [0, 0.1) is 0 Å². The number of pyridine rings is 1. The van der Waals surface area contributed by atoms with Crippen molar-refractivity contribution in [2.45, 2.75) is 33.2 Å². The number of H-pyrrole nitrogens is 1. The Bertz CT molecular complexity index is 899. The van der Waals surface area contributed by atoms with Gasteiger partial charge >= 0.3 is 5.69 Å². The van der Waals surface area contributed by atoms with Gasteiger partial charge in [-0.15, -0.1) is 0 Å². The van der Waals surface area contributed by atoms with Crippen LogP contribution < -0.4 is 16.7 Å². The molecule has 25 heavy (non-hydrogen) atoms. The highest BCUT2D eigenvalue weighted by Crippen LogP contribution is 2.12. The number of hydrogen-bond donors (Lipinski definition) is 3. The minimum atomic E-state index is -0.769. The van der Waals surface area contributed by atoms with E-state index in [9.17, 15) is 19.5 Å². The van der Waals surface area contributed by atoms with Crippen LogP contribution in [-0.4, -0.2) is 31.3 Å². The molecule has 2 aromatic heterocycles. The summed E-state index contributed by atoms with van der Waals surface area (Å²) in [4.78, 5) is 41.8. The Morgan fingerprint density at radius 3 is 2.68 bits per heavy atom. The molecule has 9 nitrogen and oxygen atoms in total. The first-order valence-corrected chi connectivity index (χ1v) is 7.76. The number of nitrogens with one attached hydrogen (secondary N) is 2. The lowest BCUT2D eigenvalue weighted by molar-refractivity contribution is 0.0954. The fourth-order valence-electron chi connectivity index (χ4n) is 2.17. The summed E-state index contributed by atoms with van der Waals surface area (Å²) in [6.07, 6.45) is 4.40. The second-order valence-corrected chi connectivity index (χ2v) is 5.34. The maximum atomic E-state index is 12.0. The second-order valence-electron chi connectivity index (χ2n) is 5.34. The van der Waals surface area contributed by atoms with Crippen molar-refractivity contribution in [1.82, 2.24) is 20.0 Å². The van der Waals surface area contributed by atoms with Gasteiger partial charge in [0.2, 0.25) is 5.88 Å². The summed E-state index contributed by atoms with van der Waals surface area (Å²) >= 11 is 0. The molecule has 0 bridgehead atoms. The topological polar surface area (TPSA) is 129 Å². The summed E-state index contributed by atoms with van der Waals surface area (Å²) in [5, 5.41) is 14.1. The predicted octanol–water partition coefficient (Wildman–Crippen LogP) is 0.591. The number of aromatic nitrogens is 3. The van der Waals surface area contributed by atoms with Crippen LogP contribution in [0.5, 0.6) is 5.88 Å². The van der Waals surface area contributed by atoms with Gasteiger partial charge in [-0.25, -0.2) is 10.2 Å². The fourth-order valence-corrected chi connectivity index (χ4v) is 2.17. The van der Waals surface area contributed by atoms with Crippen molar-refractivity contribution in [2.24, 2.45) is 5.10 Å². The summed E-state index contributed by atoms with van der Waals surface area (Å²) < 4.78 is 1.07. The van der Waals surface area contributed by atoms with Crippen LogP contribution in [0.1, 0.15) is 42.6 Å². The van der Waals surface area contributed by atoms with E-state index in [0.29, 0.717) is 12.0 Å². The Morgan fingerprint density at radius 2 is 2.04 bits per heavy atom. The van der Waals surface area contributed by atoms with E-state index in [1.165, 1.54) is 31.5 Å². The minimum Gasteiger partial charge on any atom is -0.494 e. The number of rotatable bonds is 6. The van der Waals surface area contributed by atoms with E-state index in [2.05, 4.69) is 20.5 Å².